The number of ether oxygens (including phenoxy) is 1. The second-order valence-electron chi connectivity index (χ2n) is 7.37. The van der Waals surface area contributed by atoms with Crippen LogP contribution in [0.2, 0.25) is 0 Å². The topological polar surface area (TPSA) is 87.7 Å². The fourth-order valence-electron chi connectivity index (χ4n) is 3.29. The molecule has 2 N–H and O–H groups in total. The highest BCUT2D eigenvalue weighted by atomic mass is 16.5. The highest BCUT2D eigenvalue weighted by Gasteiger charge is 2.24. The number of nitrogens with zero attached hydrogens (tertiary/aromatic N) is 1. The zero-order chi connectivity index (χ0) is 21.3. The Kier molecular flexibility index (Phi) is 7.43. The summed E-state index contributed by atoms with van der Waals surface area (Å²) in [4.78, 5) is 38.2. The van der Waals surface area contributed by atoms with E-state index in [-0.39, 0.29) is 36.9 Å². The van der Waals surface area contributed by atoms with Gasteiger partial charge in [0, 0.05) is 24.7 Å². The maximum Gasteiger partial charge on any atom is 0.258 e. The Morgan fingerprint density at radius 2 is 1.67 bits per heavy atom. The van der Waals surface area contributed by atoms with E-state index in [0.29, 0.717) is 37.2 Å². The predicted octanol–water partition coefficient (Wildman–Crippen LogP) is 1.91. The number of nitrogens with one attached hydrogen (secondary N) is 2. The lowest BCUT2D eigenvalue weighted by Gasteiger charge is -2.32. The SMILES string of the molecule is Cc1ccc(OCC(=O)NC2CCN(C(=O)CNC(=O)c3ccccc3)CC2)cc1. The minimum Gasteiger partial charge on any atom is -0.484 e. The van der Waals surface area contributed by atoms with E-state index in [1.54, 1.807) is 29.2 Å². The Hall–Kier alpha value is -3.35. The summed E-state index contributed by atoms with van der Waals surface area (Å²) in [7, 11) is 0. The second-order valence-corrected chi connectivity index (χ2v) is 7.37. The zero-order valence-electron chi connectivity index (χ0n) is 17.1. The molecule has 158 valence electrons. The third-order valence-corrected chi connectivity index (χ3v) is 5.04. The summed E-state index contributed by atoms with van der Waals surface area (Å²) in [5, 5.41) is 5.62. The van der Waals surface area contributed by atoms with E-state index in [1.165, 1.54) is 0 Å². The monoisotopic (exact) mass is 409 g/mol. The van der Waals surface area contributed by atoms with Gasteiger partial charge in [-0.15, -0.1) is 0 Å². The molecule has 1 aliphatic rings. The molecule has 7 nitrogen and oxygen atoms in total. The van der Waals surface area contributed by atoms with Gasteiger partial charge in [-0.1, -0.05) is 35.9 Å². The lowest BCUT2D eigenvalue weighted by Crippen LogP contribution is -2.49. The molecule has 0 atom stereocenters. The van der Waals surface area contributed by atoms with Crippen LogP contribution in [-0.2, 0) is 9.59 Å². The average molecular weight is 409 g/mol. The van der Waals surface area contributed by atoms with Gasteiger partial charge in [0.25, 0.3) is 11.8 Å². The van der Waals surface area contributed by atoms with Crippen molar-refractivity contribution in [3.63, 3.8) is 0 Å². The van der Waals surface area contributed by atoms with E-state index < -0.39 is 0 Å². The molecular formula is C23H27N3O4. The van der Waals surface area contributed by atoms with Crippen molar-refractivity contribution in [2.75, 3.05) is 26.2 Å². The molecule has 1 saturated heterocycles. The van der Waals surface area contributed by atoms with Crippen molar-refractivity contribution >= 4 is 17.7 Å². The molecule has 30 heavy (non-hydrogen) atoms. The lowest BCUT2D eigenvalue weighted by molar-refractivity contribution is -0.131. The molecule has 0 unspecified atom stereocenters. The number of benzene rings is 2. The smallest absolute Gasteiger partial charge is 0.258 e. The molecule has 0 aromatic heterocycles. The first-order chi connectivity index (χ1) is 14.5. The Bertz CT molecular complexity index is 860. The molecule has 0 radical (unpaired) electrons. The standard InChI is InChI=1S/C23H27N3O4/c1-17-7-9-20(10-8-17)30-16-21(27)25-19-11-13-26(14-12-19)22(28)15-24-23(29)18-5-3-2-4-6-18/h2-10,19H,11-16H2,1H3,(H,24,29)(H,25,27). The van der Waals surface area contributed by atoms with E-state index in [9.17, 15) is 14.4 Å². The maximum atomic E-state index is 12.3. The Balaban J connectivity index is 1.34. The van der Waals surface area contributed by atoms with Gasteiger partial charge in [0.2, 0.25) is 5.91 Å². The summed E-state index contributed by atoms with van der Waals surface area (Å²) in [6, 6.07) is 16.4. The van der Waals surface area contributed by atoms with Crippen LogP contribution in [0.3, 0.4) is 0 Å². The quantitative estimate of drug-likeness (QED) is 0.731. The fourth-order valence-corrected chi connectivity index (χ4v) is 3.29. The Morgan fingerprint density at radius 3 is 2.33 bits per heavy atom. The van der Waals surface area contributed by atoms with Crippen LogP contribution in [0, 0.1) is 6.92 Å². The number of amides is 3. The van der Waals surface area contributed by atoms with Gasteiger partial charge in [-0.2, -0.15) is 0 Å². The van der Waals surface area contributed by atoms with E-state index in [4.69, 9.17) is 4.74 Å². The van der Waals surface area contributed by atoms with Crippen LogP contribution < -0.4 is 15.4 Å². The summed E-state index contributed by atoms with van der Waals surface area (Å²) >= 11 is 0. The van der Waals surface area contributed by atoms with Crippen molar-refractivity contribution in [2.45, 2.75) is 25.8 Å². The van der Waals surface area contributed by atoms with Crippen molar-refractivity contribution < 1.29 is 19.1 Å². The molecule has 2 aromatic rings. The van der Waals surface area contributed by atoms with Gasteiger partial charge in [-0.25, -0.2) is 0 Å². The lowest BCUT2D eigenvalue weighted by atomic mass is 10.0. The summed E-state index contributed by atoms with van der Waals surface area (Å²) < 4.78 is 5.50. The van der Waals surface area contributed by atoms with Crippen LogP contribution in [0.4, 0.5) is 0 Å². The molecule has 0 aliphatic carbocycles. The normalized spacial score (nSPS) is 14.1. The highest BCUT2D eigenvalue weighted by molar-refractivity contribution is 5.96. The third-order valence-electron chi connectivity index (χ3n) is 5.04. The number of hydrogen-bond donors (Lipinski definition) is 2. The van der Waals surface area contributed by atoms with E-state index >= 15 is 0 Å². The van der Waals surface area contributed by atoms with E-state index in [0.717, 1.165) is 5.56 Å². The highest BCUT2D eigenvalue weighted by Crippen LogP contribution is 2.12. The van der Waals surface area contributed by atoms with Crippen molar-refractivity contribution in [1.82, 2.24) is 15.5 Å². The molecule has 0 saturated carbocycles. The number of aryl methyl sites for hydroxylation is 1. The van der Waals surface area contributed by atoms with Gasteiger partial charge >= 0.3 is 0 Å². The Labute approximate surface area is 176 Å². The average Bonchev–Trinajstić information content (AvgIpc) is 2.78. The summed E-state index contributed by atoms with van der Waals surface area (Å²) in [5.41, 5.74) is 1.66. The first-order valence-electron chi connectivity index (χ1n) is 10.1. The first-order valence-corrected chi connectivity index (χ1v) is 10.1. The van der Waals surface area contributed by atoms with Gasteiger partial charge in [0.05, 0.1) is 6.54 Å². The van der Waals surface area contributed by atoms with Crippen LogP contribution >= 0.6 is 0 Å². The van der Waals surface area contributed by atoms with E-state index in [2.05, 4.69) is 10.6 Å². The minimum absolute atomic E-state index is 0.0158. The number of hydrogen-bond acceptors (Lipinski definition) is 4. The minimum atomic E-state index is -0.264. The molecule has 1 heterocycles. The molecule has 2 aromatic carbocycles. The maximum absolute atomic E-state index is 12.3. The molecular weight excluding hydrogens is 382 g/mol. The molecule has 7 heteroatoms. The van der Waals surface area contributed by atoms with Gasteiger partial charge in [-0.3, -0.25) is 14.4 Å². The number of carbonyl (C=O) groups excluding carboxylic acids is 3. The number of piperidine rings is 1. The van der Waals surface area contributed by atoms with Crippen molar-refractivity contribution in [3.05, 3.63) is 65.7 Å². The molecule has 0 spiro atoms. The molecule has 3 amide bonds. The van der Waals surface area contributed by atoms with E-state index in [1.807, 2.05) is 37.3 Å². The molecule has 0 bridgehead atoms. The van der Waals surface area contributed by atoms with Gasteiger partial charge in [0.15, 0.2) is 6.61 Å². The largest absolute Gasteiger partial charge is 0.484 e. The molecule has 1 fully saturated rings. The third kappa shape index (κ3) is 6.34. The van der Waals surface area contributed by atoms with Gasteiger partial charge < -0.3 is 20.3 Å². The number of rotatable bonds is 7. The van der Waals surface area contributed by atoms with Crippen molar-refractivity contribution in [1.29, 1.82) is 0 Å². The summed E-state index contributed by atoms with van der Waals surface area (Å²) in [6.45, 7) is 3.02. The molecule has 3 rings (SSSR count). The van der Waals surface area contributed by atoms with Crippen molar-refractivity contribution in [3.8, 4) is 5.75 Å². The Morgan fingerprint density at radius 1 is 1.00 bits per heavy atom. The van der Waals surface area contributed by atoms with Crippen LogP contribution in [0.5, 0.6) is 5.75 Å². The van der Waals surface area contributed by atoms with Gasteiger partial charge in [0.1, 0.15) is 5.75 Å². The van der Waals surface area contributed by atoms with Crippen LogP contribution in [-0.4, -0.2) is 54.9 Å². The number of likely N-dealkylation sites (tertiary alicyclic amines) is 1. The van der Waals surface area contributed by atoms with Gasteiger partial charge in [-0.05, 0) is 44.0 Å². The predicted molar refractivity (Wildman–Crippen MR) is 113 cm³/mol. The van der Waals surface area contributed by atoms with Crippen LogP contribution in [0.15, 0.2) is 54.6 Å². The van der Waals surface area contributed by atoms with Crippen molar-refractivity contribution in [2.24, 2.45) is 0 Å². The summed E-state index contributed by atoms with van der Waals surface area (Å²) in [5.74, 6) is 0.107. The first kappa shape index (κ1) is 21.4. The van der Waals surface area contributed by atoms with Crippen LogP contribution in [0.25, 0.3) is 0 Å². The fraction of sp³-hybridized carbons (Fsp3) is 0.348. The second kappa shape index (κ2) is 10.4. The molecule has 1 aliphatic heterocycles. The number of carbonyl (C=O) groups is 3. The van der Waals surface area contributed by atoms with Crippen LogP contribution in [0.1, 0.15) is 28.8 Å². The summed E-state index contributed by atoms with van der Waals surface area (Å²) in [6.07, 6.45) is 1.35. The zero-order valence-corrected chi connectivity index (χ0v) is 17.1.